The zero-order valence-electron chi connectivity index (χ0n) is 12.2. The Hall–Kier alpha value is -1.52. The van der Waals surface area contributed by atoms with E-state index < -0.39 is 0 Å². The van der Waals surface area contributed by atoms with Gasteiger partial charge in [0, 0.05) is 36.6 Å². The van der Waals surface area contributed by atoms with Crippen molar-refractivity contribution in [3.05, 3.63) is 47.2 Å². The largest absolute Gasteiger partial charge is 0.312 e. The predicted octanol–water partition coefficient (Wildman–Crippen LogP) is 3.47. The molecule has 0 saturated carbocycles. The van der Waals surface area contributed by atoms with Crippen LogP contribution in [0.5, 0.6) is 0 Å². The molecule has 5 heteroatoms. The van der Waals surface area contributed by atoms with Crippen molar-refractivity contribution in [2.24, 2.45) is 0 Å². The summed E-state index contributed by atoms with van der Waals surface area (Å²) in [6.45, 7) is 5.92. The first-order valence-corrected chi connectivity index (χ1v) is 7.01. The maximum absolute atomic E-state index is 13.1. The topological polar surface area (TPSA) is 37.8 Å². The molecule has 112 valence electrons. The smallest absolute Gasteiger partial charge is 0.131 e. The van der Waals surface area contributed by atoms with Gasteiger partial charge in [-0.25, -0.2) is 14.4 Å². The Morgan fingerprint density at radius 3 is 2.52 bits per heavy atom. The third kappa shape index (κ3) is 3.22. The third-order valence-electron chi connectivity index (χ3n) is 3.58. The molecule has 0 aliphatic carbocycles. The van der Waals surface area contributed by atoms with Crippen molar-refractivity contribution in [3.8, 4) is 11.3 Å². The number of halogens is 2. The summed E-state index contributed by atoms with van der Waals surface area (Å²) < 4.78 is 13.1. The van der Waals surface area contributed by atoms with E-state index in [1.165, 1.54) is 12.1 Å². The highest BCUT2D eigenvalue weighted by molar-refractivity contribution is 5.85. The molecule has 1 N–H and O–H groups in total. The van der Waals surface area contributed by atoms with Crippen LogP contribution in [-0.2, 0) is 13.0 Å². The van der Waals surface area contributed by atoms with Gasteiger partial charge in [0.1, 0.15) is 11.6 Å². The van der Waals surface area contributed by atoms with Crippen LogP contribution in [0, 0.1) is 5.82 Å². The highest BCUT2D eigenvalue weighted by Crippen LogP contribution is 2.27. The minimum atomic E-state index is -0.223. The molecule has 0 amide bonds. The number of nitrogens with one attached hydrogen (secondary N) is 1. The van der Waals surface area contributed by atoms with E-state index in [0.29, 0.717) is 0 Å². The van der Waals surface area contributed by atoms with Crippen LogP contribution in [0.2, 0.25) is 0 Å². The SMILES string of the molecule is CC(C)c1nc2c(c(-c3ccc(F)cc3)n1)CNCC2.Cl. The Bertz CT molecular complexity index is 626. The highest BCUT2D eigenvalue weighted by Gasteiger charge is 2.19. The standard InChI is InChI=1S/C16H18FN3.ClH/c1-10(2)16-19-14-7-8-18-9-13(14)15(20-16)11-3-5-12(17)6-4-11;/h3-6,10,18H,7-9H2,1-2H3;1H. The van der Waals surface area contributed by atoms with Crippen LogP contribution < -0.4 is 5.32 Å². The highest BCUT2D eigenvalue weighted by atomic mass is 35.5. The predicted molar refractivity (Wildman–Crippen MR) is 84.2 cm³/mol. The Morgan fingerprint density at radius 1 is 1.14 bits per heavy atom. The Balaban J connectivity index is 0.00000161. The van der Waals surface area contributed by atoms with Gasteiger partial charge < -0.3 is 5.32 Å². The summed E-state index contributed by atoms with van der Waals surface area (Å²) in [6, 6.07) is 6.54. The summed E-state index contributed by atoms with van der Waals surface area (Å²) in [7, 11) is 0. The molecule has 21 heavy (non-hydrogen) atoms. The summed E-state index contributed by atoms with van der Waals surface area (Å²) in [5.41, 5.74) is 4.16. The van der Waals surface area contributed by atoms with Crippen molar-refractivity contribution < 1.29 is 4.39 Å². The molecule has 0 bridgehead atoms. The molecule has 1 aliphatic heterocycles. The normalized spacial score (nSPS) is 13.7. The minimum Gasteiger partial charge on any atom is -0.312 e. The van der Waals surface area contributed by atoms with Crippen LogP contribution in [0.25, 0.3) is 11.3 Å². The van der Waals surface area contributed by atoms with Gasteiger partial charge in [-0.1, -0.05) is 13.8 Å². The van der Waals surface area contributed by atoms with Crippen molar-refractivity contribution >= 4 is 12.4 Å². The van der Waals surface area contributed by atoms with Crippen molar-refractivity contribution in [1.29, 1.82) is 0 Å². The molecular weight excluding hydrogens is 289 g/mol. The second-order valence-electron chi connectivity index (χ2n) is 5.44. The lowest BCUT2D eigenvalue weighted by Crippen LogP contribution is -2.26. The van der Waals surface area contributed by atoms with Crippen molar-refractivity contribution in [2.45, 2.75) is 32.7 Å². The average molecular weight is 308 g/mol. The van der Waals surface area contributed by atoms with Crippen LogP contribution in [0.3, 0.4) is 0 Å². The first-order valence-electron chi connectivity index (χ1n) is 7.01. The lowest BCUT2D eigenvalue weighted by atomic mass is 9.99. The van der Waals surface area contributed by atoms with Gasteiger partial charge >= 0.3 is 0 Å². The monoisotopic (exact) mass is 307 g/mol. The van der Waals surface area contributed by atoms with E-state index in [0.717, 1.165) is 47.8 Å². The van der Waals surface area contributed by atoms with Gasteiger partial charge in [0.15, 0.2) is 0 Å². The van der Waals surface area contributed by atoms with Crippen molar-refractivity contribution in [2.75, 3.05) is 6.54 Å². The molecule has 3 rings (SSSR count). The van der Waals surface area contributed by atoms with Crippen LogP contribution >= 0.6 is 12.4 Å². The fourth-order valence-corrected chi connectivity index (χ4v) is 2.47. The van der Waals surface area contributed by atoms with E-state index >= 15 is 0 Å². The maximum Gasteiger partial charge on any atom is 0.131 e. The van der Waals surface area contributed by atoms with E-state index in [1.807, 2.05) is 0 Å². The fourth-order valence-electron chi connectivity index (χ4n) is 2.47. The second-order valence-corrected chi connectivity index (χ2v) is 5.44. The van der Waals surface area contributed by atoms with Crippen LogP contribution in [0.4, 0.5) is 4.39 Å². The van der Waals surface area contributed by atoms with E-state index in [2.05, 4.69) is 19.2 Å². The van der Waals surface area contributed by atoms with Gasteiger partial charge in [0.25, 0.3) is 0 Å². The van der Waals surface area contributed by atoms with Crippen LogP contribution in [0.1, 0.15) is 36.8 Å². The van der Waals surface area contributed by atoms with E-state index in [9.17, 15) is 4.39 Å². The minimum absolute atomic E-state index is 0. The number of rotatable bonds is 2. The number of fused-ring (bicyclic) bond motifs is 1. The molecule has 2 aromatic rings. The zero-order valence-corrected chi connectivity index (χ0v) is 13.0. The molecule has 3 nitrogen and oxygen atoms in total. The number of hydrogen-bond donors (Lipinski definition) is 1. The molecule has 2 heterocycles. The molecule has 1 aliphatic rings. The zero-order chi connectivity index (χ0) is 14.1. The molecule has 0 unspecified atom stereocenters. The molecule has 0 saturated heterocycles. The summed E-state index contributed by atoms with van der Waals surface area (Å²) in [5.74, 6) is 0.929. The first kappa shape index (κ1) is 15.9. The Morgan fingerprint density at radius 2 is 1.86 bits per heavy atom. The first-order chi connectivity index (χ1) is 9.65. The molecule has 1 aromatic heterocycles. The van der Waals surface area contributed by atoms with Gasteiger partial charge in [-0.3, -0.25) is 0 Å². The van der Waals surface area contributed by atoms with E-state index in [4.69, 9.17) is 9.97 Å². The van der Waals surface area contributed by atoms with Crippen LogP contribution in [0.15, 0.2) is 24.3 Å². The second kappa shape index (κ2) is 6.50. The Labute approximate surface area is 130 Å². The van der Waals surface area contributed by atoms with Gasteiger partial charge in [-0.05, 0) is 24.3 Å². The Kier molecular flexibility index (Phi) is 4.91. The number of hydrogen-bond acceptors (Lipinski definition) is 3. The number of aromatic nitrogens is 2. The van der Waals surface area contributed by atoms with Gasteiger partial charge in [-0.15, -0.1) is 12.4 Å². The molecular formula is C16H19ClFN3. The number of benzene rings is 1. The maximum atomic E-state index is 13.1. The van der Waals surface area contributed by atoms with Gasteiger partial charge in [0.2, 0.25) is 0 Å². The number of nitrogens with zero attached hydrogens (tertiary/aromatic N) is 2. The lowest BCUT2D eigenvalue weighted by molar-refractivity contribution is 0.615. The molecule has 0 radical (unpaired) electrons. The molecule has 0 fully saturated rings. The molecule has 0 spiro atoms. The molecule has 1 aromatic carbocycles. The fraction of sp³-hybridized carbons (Fsp3) is 0.375. The van der Waals surface area contributed by atoms with Gasteiger partial charge in [-0.2, -0.15) is 0 Å². The summed E-state index contributed by atoms with van der Waals surface area (Å²) in [5, 5.41) is 3.36. The summed E-state index contributed by atoms with van der Waals surface area (Å²) >= 11 is 0. The van der Waals surface area contributed by atoms with E-state index in [1.54, 1.807) is 12.1 Å². The van der Waals surface area contributed by atoms with Crippen LogP contribution in [-0.4, -0.2) is 16.5 Å². The third-order valence-corrected chi connectivity index (χ3v) is 3.58. The van der Waals surface area contributed by atoms with Crippen molar-refractivity contribution in [3.63, 3.8) is 0 Å². The quantitative estimate of drug-likeness (QED) is 0.923. The average Bonchev–Trinajstić information content (AvgIpc) is 2.47. The lowest BCUT2D eigenvalue weighted by Gasteiger charge is -2.21. The van der Waals surface area contributed by atoms with Gasteiger partial charge in [0.05, 0.1) is 11.4 Å². The van der Waals surface area contributed by atoms with Crippen molar-refractivity contribution in [1.82, 2.24) is 15.3 Å². The van der Waals surface area contributed by atoms with E-state index in [-0.39, 0.29) is 24.1 Å². The summed E-state index contributed by atoms with van der Waals surface area (Å²) in [6.07, 6.45) is 0.922. The summed E-state index contributed by atoms with van der Waals surface area (Å²) in [4.78, 5) is 9.40. The molecule has 0 atom stereocenters.